The minimum Gasteiger partial charge on any atom is -0.481 e. The number of terminal acetylenes is 1. The number of thioether (sulfide) groups is 1. The number of hydrogen-bond acceptors (Lipinski definition) is 5. The van der Waals surface area contributed by atoms with E-state index < -0.39 is 5.97 Å². The first kappa shape index (κ1) is 19.3. The van der Waals surface area contributed by atoms with E-state index in [4.69, 9.17) is 16.3 Å². The number of amides is 1. The van der Waals surface area contributed by atoms with E-state index >= 15 is 0 Å². The zero-order valence-corrected chi connectivity index (χ0v) is 15.8. The summed E-state index contributed by atoms with van der Waals surface area (Å²) in [5.41, 5.74) is 1.61. The molecule has 0 radical (unpaired) electrons. The molecule has 0 aromatic heterocycles. The first-order valence-electron chi connectivity index (χ1n) is 8.24. The number of aliphatic imine (C=N–C) groups is 1. The van der Waals surface area contributed by atoms with Gasteiger partial charge in [-0.15, -0.1) is 6.42 Å². The predicted molar refractivity (Wildman–Crippen MR) is 110 cm³/mol. The number of carboxylic acids is 1. The third-order valence-corrected chi connectivity index (χ3v) is 4.90. The van der Waals surface area contributed by atoms with Gasteiger partial charge in [-0.2, -0.15) is 0 Å². The molecule has 0 bridgehead atoms. The quantitative estimate of drug-likeness (QED) is 0.621. The van der Waals surface area contributed by atoms with Crippen LogP contribution in [0.3, 0.4) is 0 Å². The van der Waals surface area contributed by atoms with Crippen molar-refractivity contribution in [3.8, 4) is 18.1 Å². The molecule has 1 heterocycles. The molecule has 1 N–H and O–H groups in total. The van der Waals surface area contributed by atoms with E-state index in [1.165, 1.54) is 28.8 Å². The molecule has 28 heavy (non-hydrogen) atoms. The molecular weight excluding hydrogens is 376 g/mol. The van der Waals surface area contributed by atoms with Gasteiger partial charge in [-0.1, -0.05) is 18.1 Å². The van der Waals surface area contributed by atoms with Gasteiger partial charge in [0.2, 0.25) is 0 Å². The van der Waals surface area contributed by atoms with Gasteiger partial charge in [0.25, 0.3) is 5.91 Å². The average molecular weight is 392 g/mol. The largest absolute Gasteiger partial charge is 0.481 e. The lowest BCUT2D eigenvalue weighted by Crippen LogP contribution is -2.23. The summed E-state index contributed by atoms with van der Waals surface area (Å²) in [6, 6.07) is 13.4. The Morgan fingerprint density at radius 2 is 1.93 bits per heavy atom. The number of hydrogen-bond donors (Lipinski definition) is 1. The van der Waals surface area contributed by atoms with Crippen LogP contribution in [0, 0.1) is 12.3 Å². The standard InChI is InChI=1S/C21H16N2O4S/c1-3-12-27-17-10-4-14(5-11-17)13-18-19(24)23(2)21(28-18)22-16-8-6-15(7-9-16)20(25)26/h1,4-11,13H,12H2,2H3,(H,25,26)/b18-13-,22-21?. The van der Waals surface area contributed by atoms with E-state index in [0.717, 1.165) is 5.56 Å². The maximum Gasteiger partial charge on any atom is 0.335 e. The fourth-order valence-corrected chi connectivity index (χ4v) is 3.36. The molecule has 2 aromatic carbocycles. The minimum atomic E-state index is -0.998. The van der Waals surface area contributed by atoms with Gasteiger partial charge in [0.1, 0.15) is 12.4 Å². The predicted octanol–water partition coefficient (Wildman–Crippen LogP) is 3.63. The van der Waals surface area contributed by atoms with Crippen molar-refractivity contribution in [3.63, 3.8) is 0 Å². The lowest BCUT2D eigenvalue weighted by Gasteiger charge is -2.07. The highest BCUT2D eigenvalue weighted by atomic mass is 32.2. The fourth-order valence-electron chi connectivity index (χ4n) is 2.38. The lowest BCUT2D eigenvalue weighted by atomic mass is 10.2. The summed E-state index contributed by atoms with van der Waals surface area (Å²) in [6.45, 7) is 0.201. The molecule has 0 unspecified atom stereocenters. The smallest absolute Gasteiger partial charge is 0.335 e. The molecule has 2 aromatic rings. The van der Waals surface area contributed by atoms with Gasteiger partial charge < -0.3 is 9.84 Å². The number of aromatic carboxylic acids is 1. The molecule has 1 aliphatic heterocycles. The van der Waals surface area contributed by atoms with Crippen molar-refractivity contribution in [2.45, 2.75) is 0 Å². The number of amidine groups is 1. The van der Waals surface area contributed by atoms with Crippen LogP contribution in [0.2, 0.25) is 0 Å². The molecule has 0 atom stereocenters. The number of ether oxygens (including phenoxy) is 1. The average Bonchev–Trinajstić information content (AvgIpc) is 2.95. The van der Waals surface area contributed by atoms with E-state index in [1.807, 2.05) is 12.1 Å². The normalized spacial score (nSPS) is 16.4. The van der Waals surface area contributed by atoms with Gasteiger partial charge >= 0.3 is 5.97 Å². The van der Waals surface area contributed by atoms with Gasteiger partial charge in [-0.05, 0) is 59.8 Å². The summed E-state index contributed by atoms with van der Waals surface area (Å²) < 4.78 is 5.33. The van der Waals surface area contributed by atoms with Crippen LogP contribution in [0.4, 0.5) is 5.69 Å². The summed E-state index contributed by atoms with van der Waals surface area (Å²) in [5, 5.41) is 9.48. The molecule has 0 saturated carbocycles. The number of likely N-dealkylation sites (N-methyl/N-ethyl adjacent to an activating group) is 1. The molecule has 1 fully saturated rings. The van der Waals surface area contributed by atoms with Crippen molar-refractivity contribution >= 4 is 40.6 Å². The van der Waals surface area contributed by atoms with Crippen LogP contribution in [0.25, 0.3) is 6.08 Å². The van der Waals surface area contributed by atoms with E-state index in [1.54, 1.807) is 37.4 Å². The number of carbonyl (C=O) groups excluding carboxylic acids is 1. The Kier molecular flexibility index (Phi) is 5.82. The molecule has 7 heteroatoms. The number of carboxylic acid groups (broad SMARTS) is 1. The Morgan fingerprint density at radius 1 is 1.25 bits per heavy atom. The molecule has 1 amide bonds. The highest BCUT2D eigenvalue weighted by Crippen LogP contribution is 2.33. The van der Waals surface area contributed by atoms with Crippen molar-refractivity contribution in [2.75, 3.05) is 13.7 Å². The Balaban J connectivity index is 1.78. The van der Waals surface area contributed by atoms with Crippen molar-refractivity contribution in [1.82, 2.24) is 4.90 Å². The molecule has 6 nitrogen and oxygen atoms in total. The van der Waals surface area contributed by atoms with E-state index in [-0.39, 0.29) is 18.1 Å². The molecular formula is C21H16N2O4S. The Labute approximate surface area is 166 Å². The van der Waals surface area contributed by atoms with Gasteiger partial charge in [0.15, 0.2) is 5.17 Å². The van der Waals surface area contributed by atoms with Gasteiger partial charge in [0.05, 0.1) is 16.2 Å². The SMILES string of the molecule is C#CCOc1ccc(/C=C2\SC(=Nc3ccc(C(=O)O)cc3)N(C)C2=O)cc1. The summed E-state index contributed by atoms with van der Waals surface area (Å²) in [6.07, 6.45) is 6.95. The lowest BCUT2D eigenvalue weighted by molar-refractivity contribution is -0.121. The Hall–Kier alpha value is -3.50. The third kappa shape index (κ3) is 4.42. The van der Waals surface area contributed by atoms with Crippen molar-refractivity contribution < 1.29 is 19.4 Å². The van der Waals surface area contributed by atoms with Crippen LogP contribution >= 0.6 is 11.8 Å². The highest BCUT2D eigenvalue weighted by Gasteiger charge is 2.30. The number of carbonyl (C=O) groups is 2. The van der Waals surface area contributed by atoms with Crippen molar-refractivity contribution in [2.24, 2.45) is 4.99 Å². The van der Waals surface area contributed by atoms with Crippen LogP contribution < -0.4 is 4.74 Å². The molecule has 1 aliphatic rings. The summed E-state index contributed by atoms with van der Waals surface area (Å²) in [7, 11) is 1.65. The number of rotatable bonds is 5. The zero-order valence-electron chi connectivity index (χ0n) is 15.0. The zero-order chi connectivity index (χ0) is 20.1. The second kappa shape index (κ2) is 8.46. The van der Waals surface area contributed by atoms with E-state index in [2.05, 4.69) is 10.9 Å². The second-order valence-electron chi connectivity index (χ2n) is 5.78. The molecule has 3 rings (SSSR count). The minimum absolute atomic E-state index is 0.154. The fraction of sp³-hybridized carbons (Fsp3) is 0.0952. The maximum atomic E-state index is 12.5. The number of benzene rings is 2. The highest BCUT2D eigenvalue weighted by molar-refractivity contribution is 8.18. The van der Waals surface area contributed by atoms with Crippen molar-refractivity contribution in [1.29, 1.82) is 0 Å². The van der Waals surface area contributed by atoms with E-state index in [0.29, 0.717) is 21.5 Å². The van der Waals surface area contributed by atoms with Gasteiger partial charge in [-0.3, -0.25) is 9.69 Å². The molecule has 0 spiro atoms. The van der Waals surface area contributed by atoms with Crippen LogP contribution in [-0.2, 0) is 4.79 Å². The molecule has 0 aliphatic carbocycles. The third-order valence-electron chi connectivity index (χ3n) is 3.84. The van der Waals surface area contributed by atoms with Crippen molar-refractivity contribution in [3.05, 3.63) is 64.6 Å². The Morgan fingerprint density at radius 3 is 2.54 bits per heavy atom. The van der Waals surface area contributed by atoms with Crippen LogP contribution in [-0.4, -0.2) is 40.7 Å². The summed E-state index contributed by atoms with van der Waals surface area (Å²) in [5.74, 6) is 1.91. The monoisotopic (exact) mass is 392 g/mol. The first-order chi connectivity index (χ1) is 13.5. The number of nitrogens with zero attached hydrogens (tertiary/aromatic N) is 2. The maximum absolute atomic E-state index is 12.5. The summed E-state index contributed by atoms with van der Waals surface area (Å²) >= 11 is 1.26. The van der Waals surface area contributed by atoms with E-state index in [9.17, 15) is 9.59 Å². The topological polar surface area (TPSA) is 79.2 Å². The van der Waals surface area contributed by atoms with Gasteiger partial charge in [0, 0.05) is 7.05 Å². The van der Waals surface area contributed by atoms with Crippen LogP contribution in [0.1, 0.15) is 15.9 Å². The van der Waals surface area contributed by atoms with Gasteiger partial charge in [-0.25, -0.2) is 9.79 Å². The Bertz CT molecular complexity index is 1000. The van der Waals surface area contributed by atoms with Crippen LogP contribution in [0.5, 0.6) is 5.75 Å². The molecule has 140 valence electrons. The summed E-state index contributed by atoms with van der Waals surface area (Å²) in [4.78, 5) is 29.9. The first-order valence-corrected chi connectivity index (χ1v) is 9.05. The van der Waals surface area contributed by atoms with Crippen LogP contribution in [0.15, 0.2) is 58.4 Å². The molecule has 1 saturated heterocycles. The second-order valence-corrected chi connectivity index (χ2v) is 6.79.